The van der Waals surface area contributed by atoms with E-state index in [9.17, 15) is 9.59 Å². The molecule has 1 atom stereocenters. The molecule has 0 aliphatic carbocycles. The number of ether oxygens (including phenoxy) is 1. The number of nitrogens with one attached hydrogen (secondary N) is 3. The van der Waals surface area contributed by atoms with Gasteiger partial charge >= 0.3 is 6.03 Å². The van der Waals surface area contributed by atoms with Crippen molar-refractivity contribution in [2.75, 3.05) is 19.8 Å². The molecule has 0 saturated carbocycles. The maximum Gasteiger partial charge on any atom is 0.315 e. The Morgan fingerprint density at radius 1 is 1.33 bits per heavy atom. The molecule has 0 spiro atoms. The van der Waals surface area contributed by atoms with E-state index in [2.05, 4.69) is 16.0 Å². The van der Waals surface area contributed by atoms with Gasteiger partial charge in [-0.2, -0.15) is 0 Å². The van der Waals surface area contributed by atoms with E-state index in [4.69, 9.17) is 4.74 Å². The Morgan fingerprint density at radius 3 is 2.61 bits per heavy atom. The first-order chi connectivity index (χ1) is 8.37. The molecule has 1 saturated heterocycles. The minimum atomic E-state index is -0.242. The number of hydrogen-bond donors (Lipinski definition) is 3. The van der Waals surface area contributed by atoms with Crippen LogP contribution in [0.25, 0.3) is 0 Å². The van der Waals surface area contributed by atoms with Gasteiger partial charge in [-0.15, -0.1) is 0 Å². The molecule has 0 radical (unpaired) electrons. The Kier molecular flexibility index (Phi) is 5.40. The lowest BCUT2D eigenvalue weighted by molar-refractivity contribution is -0.122. The van der Waals surface area contributed by atoms with Gasteiger partial charge in [0, 0.05) is 25.1 Å². The van der Waals surface area contributed by atoms with Crippen molar-refractivity contribution in [2.24, 2.45) is 0 Å². The zero-order chi connectivity index (χ0) is 13.6. The Morgan fingerprint density at radius 2 is 2.06 bits per heavy atom. The molecule has 6 nitrogen and oxygen atoms in total. The first-order valence-corrected chi connectivity index (χ1v) is 6.30. The molecule has 0 aromatic rings. The monoisotopic (exact) mass is 257 g/mol. The van der Waals surface area contributed by atoms with Crippen molar-refractivity contribution in [1.29, 1.82) is 0 Å². The van der Waals surface area contributed by atoms with Crippen LogP contribution in [0.1, 0.15) is 33.6 Å². The van der Waals surface area contributed by atoms with E-state index in [1.807, 2.05) is 20.8 Å². The Labute approximate surface area is 108 Å². The standard InChI is InChI=1S/C12H23N3O3/c1-12(2,3)15-10(16)4-6-13-11(17)14-9-5-7-18-8-9/h9H,4-8H2,1-3H3,(H,15,16)(H2,13,14,17). The second-order valence-electron chi connectivity index (χ2n) is 5.51. The van der Waals surface area contributed by atoms with Crippen molar-refractivity contribution in [3.63, 3.8) is 0 Å². The highest BCUT2D eigenvalue weighted by Crippen LogP contribution is 2.02. The van der Waals surface area contributed by atoms with Crippen LogP contribution in [0, 0.1) is 0 Å². The summed E-state index contributed by atoms with van der Waals surface area (Å²) in [5, 5.41) is 8.29. The molecule has 1 heterocycles. The van der Waals surface area contributed by atoms with Crippen LogP contribution in [0.15, 0.2) is 0 Å². The van der Waals surface area contributed by atoms with Gasteiger partial charge in [-0.1, -0.05) is 0 Å². The first-order valence-electron chi connectivity index (χ1n) is 6.30. The molecular weight excluding hydrogens is 234 g/mol. The van der Waals surface area contributed by atoms with Crippen LogP contribution in [0.4, 0.5) is 4.79 Å². The summed E-state index contributed by atoms with van der Waals surface area (Å²) in [6.45, 7) is 7.36. The third-order valence-electron chi connectivity index (χ3n) is 2.42. The molecule has 104 valence electrons. The lowest BCUT2D eigenvalue weighted by Gasteiger charge is -2.20. The summed E-state index contributed by atoms with van der Waals surface area (Å²) in [6, 6.07) is -0.150. The minimum Gasteiger partial charge on any atom is -0.379 e. The molecular formula is C12H23N3O3. The van der Waals surface area contributed by atoms with Crippen molar-refractivity contribution in [3.05, 3.63) is 0 Å². The Bertz CT molecular complexity index is 293. The number of amides is 3. The van der Waals surface area contributed by atoms with Crippen LogP contribution in [0.3, 0.4) is 0 Å². The van der Waals surface area contributed by atoms with E-state index < -0.39 is 0 Å². The van der Waals surface area contributed by atoms with Gasteiger partial charge in [0.05, 0.1) is 12.6 Å². The second-order valence-corrected chi connectivity index (χ2v) is 5.51. The quantitative estimate of drug-likeness (QED) is 0.681. The summed E-state index contributed by atoms with van der Waals surface area (Å²) in [5.74, 6) is -0.0630. The summed E-state index contributed by atoms with van der Waals surface area (Å²) in [4.78, 5) is 22.9. The normalized spacial score (nSPS) is 19.4. The SMILES string of the molecule is CC(C)(C)NC(=O)CCNC(=O)NC1CCOC1. The molecule has 0 aromatic heterocycles. The van der Waals surface area contributed by atoms with Gasteiger partial charge in [-0.25, -0.2) is 4.79 Å². The fraction of sp³-hybridized carbons (Fsp3) is 0.833. The van der Waals surface area contributed by atoms with Crippen LogP contribution < -0.4 is 16.0 Å². The Hall–Kier alpha value is -1.30. The molecule has 1 aliphatic heterocycles. The maximum atomic E-state index is 11.5. The van der Waals surface area contributed by atoms with E-state index in [1.54, 1.807) is 0 Å². The molecule has 1 aliphatic rings. The van der Waals surface area contributed by atoms with Crippen LogP contribution in [0.2, 0.25) is 0 Å². The zero-order valence-corrected chi connectivity index (χ0v) is 11.3. The van der Waals surface area contributed by atoms with Crippen LogP contribution >= 0.6 is 0 Å². The van der Waals surface area contributed by atoms with Gasteiger partial charge in [0.15, 0.2) is 0 Å². The van der Waals surface area contributed by atoms with Crippen molar-refractivity contribution >= 4 is 11.9 Å². The third-order valence-corrected chi connectivity index (χ3v) is 2.42. The van der Waals surface area contributed by atoms with Gasteiger partial charge in [0.25, 0.3) is 0 Å². The zero-order valence-electron chi connectivity index (χ0n) is 11.3. The largest absolute Gasteiger partial charge is 0.379 e. The molecule has 1 fully saturated rings. The van der Waals surface area contributed by atoms with E-state index in [0.717, 1.165) is 6.42 Å². The smallest absolute Gasteiger partial charge is 0.315 e. The third kappa shape index (κ3) is 6.44. The highest BCUT2D eigenvalue weighted by molar-refractivity contribution is 5.78. The molecule has 1 rings (SSSR count). The Balaban J connectivity index is 2.09. The summed E-state index contributed by atoms with van der Waals surface area (Å²) >= 11 is 0. The van der Waals surface area contributed by atoms with Crippen molar-refractivity contribution in [3.8, 4) is 0 Å². The highest BCUT2D eigenvalue weighted by atomic mass is 16.5. The van der Waals surface area contributed by atoms with Crippen LogP contribution in [-0.2, 0) is 9.53 Å². The van der Waals surface area contributed by atoms with Crippen molar-refractivity contribution in [2.45, 2.75) is 45.2 Å². The van der Waals surface area contributed by atoms with E-state index in [0.29, 0.717) is 19.8 Å². The molecule has 3 amide bonds. The van der Waals surface area contributed by atoms with Crippen molar-refractivity contribution < 1.29 is 14.3 Å². The molecule has 18 heavy (non-hydrogen) atoms. The van der Waals surface area contributed by atoms with E-state index >= 15 is 0 Å². The lowest BCUT2D eigenvalue weighted by Crippen LogP contribution is -2.45. The molecule has 3 N–H and O–H groups in total. The van der Waals surface area contributed by atoms with Gasteiger partial charge in [0.2, 0.25) is 5.91 Å². The number of carbonyl (C=O) groups excluding carboxylic acids is 2. The van der Waals surface area contributed by atoms with Gasteiger partial charge < -0.3 is 20.7 Å². The average molecular weight is 257 g/mol. The number of hydrogen-bond acceptors (Lipinski definition) is 3. The second kappa shape index (κ2) is 6.58. The molecule has 6 heteroatoms. The van der Waals surface area contributed by atoms with E-state index in [1.165, 1.54) is 0 Å². The fourth-order valence-corrected chi connectivity index (χ4v) is 1.66. The molecule has 0 aromatic carbocycles. The predicted octanol–water partition coefficient (Wildman–Crippen LogP) is 0.379. The van der Waals surface area contributed by atoms with Crippen LogP contribution in [-0.4, -0.2) is 43.3 Å². The molecule has 1 unspecified atom stereocenters. The summed E-state index contributed by atoms with van der Waals surface area (Å²) in [7, 11) is 0. The predicted molar refractivity (Wildman–Crippen MR) is 68.3 cm³/mol. The highest BCUT2D eigenvalue weighted by Gasteiger charge is 2.18. The fourth-order valence-electron chi connectivity index (χ4n) is 1.66. The van der Waals surface area contributed by atoms with Crippen LogP contribution in [0.5, 0.6) is 0 Å². The van der Waals surface area contributed by atoms with E-state index in [-0.39, 0.29) is 29.9 Å². The minimum absolute atomic E-state index is 0.0630. The number of carbonyl (C=O) groups is 2. The summed E-state index contributed by atoms with van der Waals surface area (Å²) in [5.41, 5.74) is -0.236. The van der Waals surface area contributed by atoms with Crippen molar-refractivity contribution in [1.82, 2.24) is 16.0 Å². The average Bonchev–Trinajstić information content (AvgIpc) is 2.67. The lowest BCUT2D eigenvalue weighted by atomic mass is 10.1. The number of urea groups is 1. The maximum absolute atomic E-state index is 11.5. The summed E-state index contributed by atoms with van der Waals surface area (Å²) in [6.07, 6.45) is 1.13. The van der Waals surface area contributed by atoms with Gasteiger partial charge in [-0.3, -0.25) is 4.79 Å². The molecule has 0 bridgehead atoms. The van der Waals surface area contributed by atoms with Gasteiger partial charge in [0.1, 0.15) is 0 Å². The summed E-state index contributed by atoms with van der Waals surface area (Å²) < 4.78 is 5.15. The van der Waals surface area contributed by atoms with Gasteiger partial charge in [-0.05, 0) is 27.2 Å². The number of rotatable bonds is 4. The first kappa shape index (κ1) is 14.8. The topological polar surface area (TPSA) is 79.5 Å².